The molecule has 1 aliphatic carbocycles. The van der Waals surface area contributed by atoms with E-state index >= 15 is 0 Å². The van der Waals surface area contributed by atoms with Crippen LogP contribution in [-0.4, -0.2) is 25.8 Å². The molecule has 36 heavy (non-hydrogen) atoms. The molecule has 3 aromatic carbocycles. The third-order valence-corrected chi connectivity index (χ3v) is 6.85. The predicted octanol–water partition coefficient (Wildman–Crippen LogP) is 6.16. The second-order valence-electron chi connectivity index (χ2n) is 10.1. The molecular weight excluding hydrogens is 452 g/mol. The molecular formula is C30H30N2O4. The maximum Gasteiger partial charge on any atom is 0.193 e. The molecule has 3 aromatic rings. The number of anilines is 2. The van der Waals surface area contributed by atoms with Crippen LogP contribution in [0.15, 0.2) is 78.0 Å². The second-order valence-corrected chi connectivity index (χ2v) is 10.1. The van der Waals surface area contributed by atoms with Crippen LogP contribution in [0.4, 0.5) is 11.4 Å². The van der Waals surface area contributed by atoms with Crippen LogP contribution in [0, 0.1) is 5.41 Å². The molecule has 2 N–H and O–H groups in total. The number of Topliss-reactive ketones (excluding diaryl/α,β-unsaturated/α-hetero) is 1. The van der Waals surface area contributed by atoms with Gasteiger partial charge in [0.15, 0.2) is 23.1 Å². The topological polar surface area (TPSA) is 76.7 Å². The Morgan fingerprint density at radius 1 is 0.861 bits per heavy atom. The number of rotatable bonds is 5. The SMILES string of the molecule is COc1ccc([C@H]2Nc3ccc(C(=O)c4ccccc4)cc3NC3=C2C(=O)CC(C)(C)C3)cc1OC. The number of benzene rings is 3. The highest BCUT2D eigenvalue weighted by Gasteiger charge is 2.39. The van der Waals surface area contributed by atoms with Crippen molar-refractivity contribution < 1.29 is 19.1 Å². The number of ketones is 2. The lowest BCUT2D eigenvalue weighted by Gasteiger charge is -2.34. The normalized spacial score (nSPS) is 18.2. The van der Waals surface area contributed by atoms with Crippen LogP contribution < -0.4 is 20.1 Å². The van der Waals surface area contributed by atoms with E-state index in [-0.39, 0.29) is 23.0 Å². The minimum atomic E-state index is -0.382. The van der Waals surface area contributed by atoms with Crippen molar-refractivity contribution in [2.45, 2.75) is 32.7 Å². The first kappa shape index (κ1) is 23.7. The Labute approximate surface area is 211 Å². The van der Waals surface area contributed by atoms with E-state index in [0.717, 1.165) is 29.1 Å². The Hall–Kier alpha value is -4.06. The number of hydrogen-bond acceptors (Lipinski definition) is 6. The summed E-state index contributed by atoms with van der Waals surface area (Å²) in [5.74, 6) is 1.29. The average Bonchev–Trinajstić information content (AvgIpc) is 3.03. The molecule has 6 nitrogen and oxygen atoms in total. The van der Waals surface area contributed by atoms with Crippen molar-refractivity contribution >= 4 is 22.9 Å². The summed E-state index contributed by atoms with van der Waals surface area (Å²) in [6.07, 6.45) is 1.18. The van der Waals surface area contributed by atoms with Crippen LogP contribution in [0.2, 0.25) is 0 Å². The van der Waals surface area contributed by atoms with Crippen LogP contribution in [0.1, 0.15) is 54.2 Å². The monoisotopic (exact) mass is 482 g/mol. The lowest BCUT2D eigenvalue weighted by Crippen LogP contribution is -2.31. The Kier molecular flexibility index (Phi) is 6.04. The Morgan fingerprint density at radius 2 is 1.61 bits per heavy atom. The van der Waals surface area contributed by atoms with Crippen molar-refractivity contribution in [2.75, 3.05) is 24.9 Å². The first-order valence-corrected chi connectivity index (χ1v) is 12.0. The molecule has 0 bridgehead atoms. The molecule has 0 radical (unpaired) electrons. The summed E-state index contributed by atoms with van der Waals surface area (Å²) in [6.45, 7) is 4.21. The summed E-state index contributed by atoms with van der Waals surface area (Å²) < 4.78 is 11.0. The minimum absolute atomic E-state index is 0.0462. The van der Waals surface area contributed by atoms with E-state index < -0.39 is 0 Å². The van der Waals surface area contributed by atoms with Crippen LogP contribution in [-0.2, 0) is 4.79 Å². The van der Waals surface area contributed by atoms with Gasteiger partial charge >= 0.3 is 0 Å². The molecule has 0 amide bonds. The van der Waals surface area contributed by atoms with Gasteiger partial charge < -0.3 is 20.1 Å². The van der Waals surface area contributed by atoms with Crippen molar-refractivity contribution in [3.05, 3.63) is 94.7 Å². The molecule has 0 saturated heterocycles. The highest BCUT2D eigenvalue weighted by molar-refractivity contribution is 6.10. The van der Waals surface area contributed by atoms with Gasteiger partial charge in [0.05, 0.1) is 31.6 Å². The fourth-order valence-electron chi connectivity index (χ4n) is 5.12. The summed E-state index contributed by atoms with van der Waals surface area (Å²) in [4.78, 5) is 26.7. The first-order valence-electron chi connectivity index (χ1n) is 12.0. The van der Waals surface area contributed by atoms with Crippen LogP contribution in [0.3, 0.4) is 0 Å². The number of ether oxygens (including phenoxy) is 2. The maximum atomic E-state index is 13.5. The number of methoxy groups -OCH3 is 2. The van der Waals surface area contributed by atoms with E-state index in [9.17, 15) is 9.59 Å². The predicted molar refractivity (Wildman–Crippen MR) is 141 cm³/mol. The van der Waals surface area contributed by atoms with E-state index in [1.807, 2.05) is 66.7 Å². The summed E-state index contributed by atoms with van der Waals surface area (Å²) in [5, 5.41) is 7.11. The van der Waals surface area contributed by atoms with Gasteiger partial charge in [-0.05, 0) is 47.7 Å². The van der Waals surface area contributed by atoms with Gasteiger partial charge in [-0.2, -0.15) is 0 Å². The highest BCUT2D eigenvalue weighted by atomic mass is 16.5. The molecule has 6 heteroatoms. The van der Waals surface area contributed by atoms with Gasteiger partial charge in [0.1, 0.15) is 0 Å². The van der Waals surface area contributed by atoms with Crippen molar-refractivity contribution in [1.29, 1.82) is 0 Å². The van der Waals surface area contributed by atoms with Gasteiger partial charge in [-0.1, -0.05) is 50.2 Å². The minimum Gasteiger partial charge on any atom is -0.493 e. The molecule has 0 spiro atoms. The van der Waals surface area contributed by atoms with E-state index in [0.29, 0.717) is 34.6 Å². The van der Waals surface area contributed by atoms with Gasteiger partial charge in [-0.25, -0.2) is 0 Å². The molecule has 0 saturated carbocycles. The number of allylic oxidation sites excluding steroid dienone is 1. The second kappa shape index (κ2) is 9.19. The number of carbonyl (C=O) groups is 2. The van der Waals surface area contributed by atoms with Gasteiger partial charge in [-0.15, -0.1) is 0 Å². The molecule has 184 valence electrons. The third-order valence-electron chi connectivity index (χ3n) is 6.85. The van der Waals surface area contributed by atoms with E-state index in [1.54, 1.807) is 14.2 Å². The Balaban J connectivity index is 1.62. The quantitative estimate of drug-likeness (QED) is 0.425. The summed E-state index contributed by atoms with van der Waals surface area (Å²) in [5.41, 5.74) is 5.13. The maximum absolute atomic E-state index is 13.5. The molecule has 1 atom stereocenters. The van der Waals surface area contributed by atoms with Crippen molar-refractivity contribution in [2.24, 2.45) is 5.41 Å². The molecule has 5 rings (SSSR count). The summed E-state index contributed by atoms with van der Waals surface area (Å²) in [7, 11) is 3.20. The molecule has 2 aliphatic rings. The molecule has 0 unspecified atom stereocenters. The number of fused-ring (bicyclic) bond motifs is 1. The van der Waals surface area contributed by atoms with Gasteiger partial charge in [-0.3, -0.25) is 9.59 Å². The number of carbonyl (C=O) groups excluding carboxylic acids is 2. The Morgan fingerprint density at radius 3 is 2.33 bits per heavy atom. The molecule has 0 aromatic heterocycles. The Bertz CT molecular complexity index is 1370. The first-order chi connectivity index (χ1) is 17.3. The zero-order chi connectivity index (χ0) is 25.4. The van der Waals surface area contributed by atoms with Crippen molar-refractivity contribution in [3.63, 3.8) is 0 Å². The lowest BCUT2D eigenvalue weighted by molar-refractivity contribution is -0.118. The van der Waals surface area contributed by atoms with Crippen LogP contribution in [0.5, 0.6) is 11.5 Å². The fourth-order valence-corrected chi connectivity index (χ4v) is 5.12. The van der Waals surface area contributed by atoms with Crippen molar-refractivity contribution in [1.82, 2.24) is 0 Å². The zero-order valence-electron chi connectivity index (χ0n) is 21.0. The standard InChI is InChI=1S/C30H30N2O4/c1-30(2)16-23-27(24(33)17-30)28(19-11-13-25(35-3)26(15-19)36-4)32-21-12-10-20(14-22(21)31-23)29(34)18-8-6-5-7-9-18/h5-15,28,31-32H,16-17H2,1-4H3/t28-/m1/s1. The van der Waals surface area contributed by atoms with Gasteiger partial charge in [0.25, 0.3) is 0 Å². The van der Waals surface area contributed by atoms with Gasteiger partial charge in [0.2, 0.25) is 0 Å². The number of nitrogens with one attached hydrogen (secondary N) is 2. The lowest BCUT2D eigenvalue weighted by atomic mass is 9.73. The number of hydrogen-bond donors (Lipinski definition) is 2. The van der Waals surface area contributed by atoms with Crippen LogP contribution in [0.25, 0.3) is 0 Å². The molecule has 1 heterocycles. The van der Waals surface area contributed by atoms with E-state index in [2.05, 4.69) is 24.5 Å². The third kappa shape index (κ3) is 4.35. The highest BCUT2D eigenvalue weighted by Crippen LogP contribution is 2.46. The van der Waals surface area contributed by atoms with E-state index in [1.165, 1.54) is 0 Å². The molecule has 1 aliphatic heterocycles. The van der Waals surface area contributed by atoms with E-state index in [4.69, 9.17) is 9.47 Å². The smallest absolute Gasteiger partial charge is 0.193 e. The molecule has 0 fully saturated rings. The van der Waals surface area contributed by atoms with Gasteiger partial charge in [0, 0.05) is 28.8 Å². The van der Waals surface area contributed by atoms with Crippen LogP contribution >= 0.6 is 0 Å². The summed E-state index contributed by atoms with van der Waals surface area (Å²) in [6, 6.07) is 20.2. The average molecular weight is 483 g/mol. The van der Waals surface area contributed by atoms with Crippen molar-refractivity contribution in [3.8, 4) is 11.5 Å². The zero-order valence-corrected chi connectivity index (χ0v) is 21.0. The fraction of sp³-hybridized carbons (Fsp3) is 0.267. The summed E-state index contributed by atoms with van der Waals surface area (Å²) >= 11 is 0. The largest absolute Gasteiger partial charge is 0.493 e.